The van der Waals surface area contributed by atoms with Crippen molar-refractivity contribution in [3.63, 3.8) is 0 Å². The van der Waals surface area contributed by atoms with Crippen LogP contribution in [-0.4, -0.2) is 27.6 Å². The van der Waals surface area contributed by atoms with Gasteiger partial charge >= 0.3 is 0 Å². The molecule has 12 rings (SSSR count). The average molecular weight is 757 g/mol. The third-order valence-electron chi connectivity index (χ3n) is 12.4. The van der Waals surface area contributed by atoms with Crippen molar-refractivity contribution >= 4 is 40.3 Å². The van der Waals surface area contributed by atoms with E-state index in [1.165, 1.54) is 49.1 Å². The van der Waals surface area contributed by atoms with Crippen LogP contribution < -0.4 is 10.4 Å². The third-order valence-corrected chi connectivity index (χ3v) is 15.9. The molecule has 2 aliphatic rings. The van der Waals surface area contributed by atoms with Gasteiger partial charge < -0.3 is 0 Å². The first kappa shape index (κ1) is 33.0. The van der Waals surface area contributed by atoms with Crippen molar-refractivity contribution in [1.29, 1.82) is 0 Å². The van der Waals surface area contributed by atoms with Crippen molar-refractivity contribution in [1.82, 2.24) is 19.5 Å². The van der Waals surface area contributed by atoms with Crippen molar-refractivity contribution < 1.29 is 0 Å². The quantitative estimate of drug-likeness (QED) is 0.165. The van der Waals surface area contributed by atoms with Gasteiger partial charge in [0, 0.05) is 21.9 Å². The van der Waals surface area contributed by atoms with Gasteiger partial charge in [0.25, 0.3) is 0 Å². The van der Waals surface area contributed by atoms with E-state index in [0.29, 0.717) is 17.6 Å². The second-order valence-corrected chi connectivity index (χ2v) is 20.4. The first-order valence-electron chi connectivity index (χ1n) is 19.9. The van der Waals surface area contributed by atoms with Crippen LogP contribution in [-0.2, 0) is 0 Å². The molecule has 2 aromatic heterocycles. The molecule has 0 N–H and O–H groups in total. The van der Waals surface area contributed by atoms with E-state index in [1.807, 2.05) is 0 Å². The Morgan fingerprint density at radius 2 is 0.879 bits per heavy atom. The Kier molecular flexibility index (Phi) is 7.05. The summed E-state index contributed by atoms with van der Waals surface area (Å²) in [6.07, 6.45) is 0. The Bertz CT molecular complexity index is 3320. The molecule has 0 amide bonds. The van der Waals surface area contributed by atoms with Gasteiger partial charge in [-0.2, -0.15) is 9.97 Å². The fourth-order valence-electron chi connectivity index (χ4n) is 9.48. The summed E-state index contributed by atoms with van der Waals surface area (Å²) in [5.74, 6) is 1.90. The summed E-state index contributed by atoms with van der Waals surface area (Å²) < 4.78 is 2.26. The number of hydrogen-bond donors (Lipinski definition) is 0. The van der Waals surface area contributed by atoms with Crippen LogP contribution >= 0.6 is 0 Å². The Balaban J connectivity index is 1.19. The van der Waals surface area contributed by atoms with Gasteiger partial charge in [-0.05, 0) is 96.3 Å². The summed E-state index contributed by atoms with van der Waals surface area (Å²) in [7, 11) is -1.96. The molecule has 5 heteroatoms. The minimum atomic E-state index is -1.96. The molecule has 58 heavy (non-hydrogen) atoms. The smallest absolute Gasteiger partial charge is 0.238 e. The van der Waals surface area contributed by atoms with Crippen LogP contribution in [0.15, 0.2) is 182 Å². The summed E-state index contributed by atoms with van der Waals surface area (Å²) in [6, 6.07) is 66.2. The Morgan fingerprint density at radius 3 is 1.59 bits per heavy atom. The molecule has 0 unspecified atom stereocenters. The molecule has 0 atom stereocenters. The number of hydrogen-bond acceptors (Lipinski definition) is 3. The molecule has 0 aliphatic carbocycles. The predicted molar refractivity (Wildman–Crippen MR) is 243 cm³/mol. The maximum Gasteiger partial charge on any atom is 0.238 e. The summed E-state index contributed by atoms with van der Waals surface area (Å²) in [4.78, 5) is 16.2. The second kappa shape index (κ2) is 12.4. The molecule has 0 fully saturated rings. The highest BCUT2D eigenvalue weighted by Gasteiger charge is 2.37. The van der Waals surface area contributed by atoms with Crippen molar-refractivity contribution in [2.24, 2.45) is 0 Å². The average Bonchev–Trinajstić information content (AvgIpc) is 3.74. The van der Waals surface area contributed by atoms with Crippen molar-refractivity contribution in [3.8, 4) is 84.4 Å². The normalized spacial score (nSPS) is 13.1. The van der Waals surface area contributed by atoms with Crippen LogP contribution in [0.4, 0.5) is 0 Å². The first-order chi connectivity index (χ1) is 28.5. The summed E-state index contributed by atoms with van der Waals surface area (Å²) in [5.41, 5.74) is 16.0. The molecule has 2 aliphatic heterocycles. The molecule has 8 aromatic carbocycles. The molecule has 4 heterocycles. The van der Waals surface area contributed by atoms with Gasteiger partial charge in [-0.15, -0.1) is 0 Å². The van der Waals surface area contributed by atoms with Gasteiger partial charge in [0.05, 0.1) is 11.0 Å². The molecule has 0 saturated heterocycles. The highest BCUT2D eigenvalue weighted by Crippen LogP contribution is 2.41. The zero-order chi connectivity index (χ0) is 38.5. The number of fused-ring (bicyclic) bond motifs is 20. The maximum absolute atomic E-state index is 5.44. The van der Waals surface area contributed by atoms with Gasteiger partial charge in [0.1, 0.15) is 8.07 Å². The van der Waals surface area contributed by atoms with E-state index in [1.54, 1.807) is 0 Å². The van der Waals surface area contributed by atoms with Gasteiger partial charge in [0.2, 0.25) is 5.95 Å². The minimum absolute atomic E-state index is 0.593. The Labute approximate surface area is 337 Å². The minimum Gasteiger partial charge on any atom is -0.278 e. The van der Waals surface area contributed by atoms with Crippen LogP contribution in [0.2, 0.25) is 13.1 Å². The molecule has 10 bridgehead atoms. The van der Waals surface area contributed by atoms with E-state index in [-0.39, 0.29) is 0 Å². The van der Waals surface area contributed by atoms with Gasteiger partial charge in [-0.25, -0.2) is 4.98 Å². The van der Waals surface area contributed by atoms with Gasteiger partial charge in [-0.3, -0.25) is 4.57 Å². The highest BCUT2D eigenvalue weighted by atomic mass is 28.3. The molecule has 0 saturated carbocycles. The lowest BCUT2D eigenvalue weighted by molar-refractivity contribution is 0.954. The van der Waals surface area contributed by atoms with E-state index in [2.05, 4.69) is 200 Å². The molecule has 0 spiro atoms. The van der Waals surface area contributed by atoms with E-state index in [4.69, 9.17) is 15.0 Å². The van der Waals surface area contributed by atoms with Crippen molar-refractivity contribution in [2.45, 2.75) is 13.1 Å². The predicted octanol–water partition coefficient (Wildman–Crippen LogP) is 12.1. The van der Waals surface area contributed by atoms with E-state index >= 15 is 0 Å². The van der Waals surface area contributed by atoms with E-state index in [9.17, 15) is 0 Å². The maximum atomic E-state index is 5.44. The Morgan fingerprint density at radius 1 is 0.362 bits per heavy atom. The lowest BCUT2D eigenvalue weighted by atomic mass is 9.95. The molecule has 272 valence electrons. The van der Waals surface area contributed by atoms with E-state index < -0.39 is 8.07 Å². The lowest BCUT2D eigenvalue weighted by Crippen LogP contribution is -2.49. The summed E-state index contributed by atoms with van der Waals surface area (Å²) in [5, 5.41) is 5.22. The molecule has 4 nitrogen and oxygen atoms in total. The number of nitrogens with zero attached hydrogens (tertiary/aromatic N) is 4. The number of aromatic nitrogens is 4. The zero-order valence-corrected chi connectivity index (χ0v) is 33.1. The monoisotopic (exact) mass is 756 g/mol. The fraction of sp³-hybridized carbons (Fsp3) is 0.0377. The molecule has 0 radical (unpaired) electrons. The summed E-state index contributed by atoms with van der Waals surface area (Å²) >= 11 is 0. The second-order valence-electron chi connectivity index (χ2n) is 16.1. The van der Waals surface area contributed by atoms with Crippen molar-refractivity contribution in [3.05, 3.63) is 182 Å². The molecular weight excluding hydrogens is 721 g/mol. The van der Waals surface area contributed by atoms with Crippen LogP contribution in [0.3, 0.4) is 0 Å². The number of rotatable bonds is 2. The van der Waals surface area contributed by atoms with Crippen LogP contribution in [0, 0.1) is 0 Å². The first-order valence-corrected chi connectivity index (χ1v) is 22.9. The summed E-state index contributed by atoms with van der Waals surface area (Å²) in [6.45, 7) is 4.91. The SMILES string of the molecule is C[Si]1(C)c2ccccc2-c2ccc(-c3nc4nc(n3)-n3c5cc(ccc5c5c(-c6ccccc6)cccc53)-c3cccc(c3)-c3cccc(c3)-c3cccc-4c3)cc21. The molecule has 10 aromatic rings. The topological polar surface area (TPSA) is 43.6 Å². The zero-order valence-electron chi connectivity index (χ0n) is 32.1. The van der Waals surface area contributed by atoms with Gasteiger partial charge in [-0.1, -0.05) is 165 Å². The molecular formula is C53H36N4Si. The van der Waals surface area contributed by atoms with E-state index in [0.717, 1.165) is 49.8 Å². The largest absolute Gasteiger partial charge is 0.278 e. The Hall–Kier alpha value is -7.21. The lowest BCUT2D eigenvalue weighted by Gasteiger charge is -2.19. The standard InChI is InChI=1S/C53H36N4Si/c1-58(2)48-23-7-6-20-43(48)44-26-25-41(32-49(44)58)52-54-51-40-19-10-18-38(30-40)36-16-8-14-34(28-36)35-15-9-17-37(29-35)39-24-27-45-47(31-39)57(53(55-51)56-52)46-22-11-21-42(50(45)46)33-12-4-3-5-13-33/h3-32H,1-2H3. The highest BCUT2D eigenvalue weighted by molar-refractivity contribution is 7.03. The van der Waals surface area contributed by atoms with Crippen molar-refractivity contribution in [2.75, 3.05) is 0 Å². The van der Waals surface area contributed by atoms with Crippen LogP contribution in [0.25, 0.3) is 106 Å². The van der Waals surface area contributed by atoms with Crippen LogP contribution in [0.5, 0.6) is 0 Å². The number of benzene rings is 8. The fourth-order valence-corrected chi connectivity index (χ4v) is 12.6. The van der Waals surface area contributed by atoms with Gasteiger partial charge in [0.15, 0.2) is 11.6 Å². The van der Waals surface area contributed by atoms with Crippen LogP contribution in [0.1, 0.15) is 0 Å². The third kappa shape index (κ3) is 4.97.